The van der Waals surface area contributed by atoms with Gasteiger partial charge in [-0.2, -0.15) is 0 Å². The van der Waals surface area contributed by atoms with E-state index in [4.69, 9.17) is 20.1 Å². The summed E-state index contributed by atoms with van der Waals surface area (Å²) in [5, 5.41) is 0. The minimum Gasteiger partial charge on any atom is -0.486 e. The molecule has 1 aromatic carbocycles. The fraction of sp³-hybridized carbons (Fsp3) is 0.600. The number of hydrogen-bond donors (Lipinski definition) is 2. The topological polar surface area (TPSA) is 65.7 Å². The predicted molar refractivity (Wildman–Crippen MR) is 77.8 cm³/mol. The summed E-state index contributed by atoms with van der Waals surface area (Å²) < 4.78 is 17.0. The van der Waals surface area contributed by atoms with Crippen LogP contribution in [0.3, 0.4) is 0 Å². The van der Waals surface area contributed by atoms with Gasteiger partial charge in [0, 0.05) is 7.11 Å². The molecule has 0 saturated carbocycles. The molecular weight excluding hydrogens is 256 g/mol. The van der Waals surface area contributed by atoms with Gasteiger partial charge in [0.05, 0.1) is 11.6 Å². The van der Waals surface area contributed by atoms with E-state index in [0.717, 1.165) is 29.9 Å². The Bertz CT molecular complexity index is 438. The van der Waals surface area contributed by atoms with Crippen molar-refractivity contribution in [3.8, 4) is 11.5 Å². The third kappa shape index (κ3) is 2.61. The van der Waals surface area contributed by atoms with Crippen LogP contribution in [-0.4, -0.2) is 25.9 Å². The summed E-state index contributed by atoms with van der Waals surface area (Å²) >= 11 is 0. The van der Waals surface area contributed by atoms with Crippen LogP contribution >= 0.6 is 0 Å². The summed E-state index contributed by atoms with van der Waals surface area (Å²) in [4.78, 5) is 0. The average molecular weight is 280 g/mol. The molecule has 1 aliphatic rings. The number of ether oxygens (including phenoxy) is 3. The summed E-state index contributed by atoms with van der Waals surface area (Å²) in [6.07, 6.45) is 1.73. The number of nitrogens with two attached hydrogens (primary N) is 1. The Morgan fingerprint density at radius 2 is 1.90 bits per heavy atom. The van der Waals surface area contributed by atoms with E-state index in [9.17, 15) is 0 Å². The highest BCUT2D eigenvalue weighted by molar-refractivity contribution is 5.45. The number of hydrazine groups is 1. The second-order valence-electron chi connectivity index (χ2n) is 4.98. The minimum absolute atomic E-state index is 0.0988. The summed E-state index contributed by atoms with van der Waals surface area (Å²) in [5.74, 6) is 7.35. The highest BCUT2D eigenvalue weighted by Crippen LogP contribution is 2.38. The molecule has 5 nitrogen and oxygen atoms in total. The van der Waals surface area contributed by atoms with E-state index in [2.05, 4.69) is 19.3 Å². The van der Waals surface area contributed by atoms with Crippen LogP contribution in [0.15, 0.2) is 18.2 Å². The van der Waals surface area contributed by atoms with Gasteiger partial charge < -0.3 is 14.2 Å². The Hall–Kier alpha value is -1.30. The molecule has 0 spiro atoms. The van der Waals surface area contributed by atoms with E-state index in [0.29, 0.717) is 13.2 Å². The Balaban J connectivity index is 2.36. The van der Waals surface area contributed by atoms with E-state index >= 15 is 0 Å². The largest absolute Gasteiger partial charge is 0.486 e. The fourth-order valence-electron chi connectivity index (χ4n) is 2.86. The molecule has 0 bridgehead atoms. The van der Waals surface area contributed by atoms with E-state index in [1.54, 1.807) is 7.11 Å². The molecule has 0 aliphatic carbocycles. The van der Waals surface area contributed by atoms with E-state index in [-0.39, 0.29) is 11.6 Å². The molecule has 0 amide bonds. The van der Waals surface area contributed by atoms with Gasteiger partial charge in [-0.15, -0.1) is 0 Å². The summed E-state index contributed by atoms with van der Waals surface area (Å²) in [6.45, 7) is 5.38. The highest BCUT2D eigenvalue weighted by atomic mass is 16.6. The van der Waals surface area contributed by atoms with Crippen molar-refractivity contribution in [2.75, 3.05) is 20.3 Å². The van der Waals surface area contributed by atoms with Crippen molar-refractivity contribution < 1.29 is 14.2 Å². The zero-order chi connectivity index (χ0) is 14.6. The summed E-state index contributed by atoms with van der Waals surface area (Å²) in [5.41, 5.74) is 3.61. The molecule has 0 fully saturated rings. The van der Waals surface area contributed by atoms with Gasteiger partial charge in [0.1, 0.15) is 13.2 Å². The van der Waals surface area contributed by atoms with Gasteiger partial charge in [0.25, 0.3) is 0 Å². The maximum Gasteiger partial charge on any atom is 0.161 e. The first kappa shape index (κ1) is 15.1. The lowest BCUT2D eigenvalue weighted by molar-refractivity contribution is -0.0487. The second kappa shape index (κ2) is 6.43. The van der Waals surface area contributed by atoms with Crippen molar-refractivity contribution >= 4 is 0 Å². The second-order valence-corrected chi connectivity index (χ2v) is 4.98. The third-order valence-corrected chi connectivity index (χ3v) is 4.20. The number of benzene rings is 1. The minimum atomic E-state index is -0.335. The SMILES string of the molecule is CCC(CC)(OC)C(NN)c1ccc2c(c1)OCCO2. The molecule has 112 valence electrons. The third-order valence-electron chi connectivity index (χ3n) is 4.20. The van der Waals surface area contributed by atoms with Crippen molar-refractivity contribution in [2.45, 2.75) is 38.3 Å². The zero-order valence-electron chi connectivity index (χ0n) is 12.4. The van der Waals surface area contributed by atoms with Crippen molar-refractivity contribution in [1.29, 1.82) is 0 Å². The number of fused-ring (bicyclic) bond motifs is 1. The van der Waals surface area contributed by atoms with Gasteiger partial charge in [0.15, 0.2) is 11.5 Å². The molecular formula is C15H24N2O3. The molecule has 3 N–H and O–H groups in total. The monoisotopic (exact) mass is 280 g/mol. The number of hydrogen-bond acceptors (Lipinski definition) is 5. The van der Waals surface area contributed by atoms with Crippen molar-refractivity contribution in [1.82, 2.24) is 5.43 Å². The van der Waals surface area contributed by atoms with Crippen LogP contribution in [0, 0.1) is 0 Å². The van der Waals surface area contributed by atoms with Crippen LogP contribution in [0.25, 0.3) is 0 Å². The Labute approximate surface area is 120 Å². The highest BCUT2D eigenvalue weighted by Gasteiger charge is 2.36. The number of rotatable bonds is 6. The molecule has 5 heteroatoms. The molecule has 1 atom stereocenters. The van der Waals surface area contributed by atoms with Crippen LogP contribution in [0.1, 0.15) is 38.3 Å². The molecule has 1 aromatic rings. The summed E-state index contributed by atoms with van der Waals surface area (Å²) in [7, 11) is 1.73. The Morgan fingerprint density at radius 3 is 2.45 bits per heavy atom. The van der Waals surface area contributed by atoms with Crippen molar-refractivity contribution in [3.05, 3.63) is 23.8 Å². The molecule has 0 radical (unpaired) electrons. The molecule has 1 aliphatic heterocycles. The standard InChI is InChI=1S/C15H24N2O3/c1-4-15(5-2,18-3)14(17-16)11-6-7-12-13(10-11)20-9-8-19-12/h6-7,10,14,17H,4-5,8-9,16H2,1-3H3. The van der Waals surface area contributed by atoms with Crippen LogP contribution in [0.2, 0.25) is 0 Å². The molecule has 0 saturated heterocycles. The molecule has 1 heterocycles. The lowest BCUT2D eigenvalue weighted by atomic mass is 9.84. The lowest BCUT2D eigenvalue weighted by Crippen LogP contribution is -2.47. The maximum atomic E-state index is 5.79. The van der Waals surface area contributed by atoms with Crippen molar-refractivity contribution in [3.63, 3.8) is 0 Å². The van der Waals surface area contributed by atoms with E-state index in [1.807, 2.05) is 18.2 Å². The number of nitrogens with one attached hydrogen (secondary N) is 1. The van der Waals surface area contributed by atoms with E-state index in [1.165, 1.54) is 0 Å². The maximum absolute atomic E-state index is 5.79. The van der Waals surface area contributed by atoms with Crippen LogP contribution < -0.4 is 20.7 Å². The Morgan fingerprint density at radius 1 is 1.25 bits per heavy atom. The average Bonchev–Trinajstić information content (AvgIpc) is 2.52. The van der Waals surface area contributed by atoms with Crippen LogP contribution in [-0.2, 0) is 4.74 Å². The van der Waals surface area contributed by atoms with E-state index < -0.39 is 0 Å². The van der Waals surface area contributed by atoms with Crippen LogP contribution in [0.5, 0.6) is 11.5 Å². The van der Waals surface area contributed by atoms with Gasteiger partial charge in [-0.05, 0) is 30.5 Å². The fourth-order valence-corrected chi connectivity index (χ4v) is 2.86. The van der Waals surface area contributed by atoms with Gasteiger partial charge in [-0.3, -0.25) is 11.3 Å². The first-order chi connectivity index (χ1) is 9.70. The van der Waals surface area contributed by atoms with Gasteiger partial charge in [-0.25, -0.2) is 0 Å². The smallest absolute Gasteiger partial charge is 0.161 e. The van der Waals surface area contributed by atoms with Gasteiger partial charge >= 0.3 is 0 Å². The summed E-state index contributed by atoms with van der Waals surface area (Å²) in [6, 6.07) is 5.83. The molecule has 20 heavy (non-hydrogen) atoms. The van der Waals surface area contributed by atoms with Gasteiger partial charge in [-0.1, -0.05) is 19.9 Å². The molecule has 1 unspecified atom stereocenters. The number of methoxy groups -OCH3 is 1. The van der Waals surface area contributed by atoms with Crippen molar-refractivity contribution in [2.24, 2.45) is 5.84 Å². The lowest BCUT2D eigenvalue weighted by Gasteiger charge is -2.38. The van der Waals surface area contributed by atoms with Gasteiger partial charge in [0.2, 0.25) is 0 Å². The normalized spacial score (nSPS) is 16.0. The predicted octanol–water partition coefficient (Wildman–Crippen LogP) is 2.17. The first-order valence-corrected chi connectivity index (χ1v) is 7.11. The zero-order valence-corrected chi connectivity index (χ0v) is 12.4. The molecule has 0 aromatic heterocycles. The first-order valence-electron chi connectivity index (χ1n) is 7.11. The van der Waals surface area contributed by atoms with Crippen LogP contribution in [0.4, 0.5) is 0 Å². The quantitative estimate of drug-likeness (QED) is 0.617. The Kier molecular flexibility index (Phi) is 4.86. The molecule has 2 rings (SSSR count).